The van der Waals surface area contributed by atoms with Crippen LogP contribution in [0, 0.1) is 37.5 Å². The molecule has 1 heterocycles. The first kappa shape index (κ1) is 30.5. The minimum Gasteiger partial charge on any atom is -0.384 e. The van der Waals surface area contributed by atoms with Crippen molar-refractivity contribution in [1.29, 1.82) is 5.26 Å². The van der Waals surface area contributed by atoms with Gasteiger partial charge in [0.2, 0.25) is 0 Å². The van der Waals surface area contributed by atoms with Crippen LogP contribution >= 0.6 is 11.8 Å². The van der Waals surface area contributed by atoms with Crippen LogP contribution in [0.4, 0.5) is 18.9 Å². The molecule has 0 radical (unpaired) electrons. The lowest BCUT2D eigenvalue weighted by molar-refractivity contribution is -0.137. The van der Waals surface area contributed by atoms with E-state index < -0.39 is 23.1 Å². The van der Waals surface area contributed by atoms with Crippen molar-refractivity contribution in [2.24, 2.45) is 11.1 Å². The third-order valence-corrected chi connectivity index (χ3v) is 9.32. The van der Waals surface area contributed by atoms with Gasteiger partial charge < -0.3 is 5.73 Å². The van der Waals surface area contributed by atoms with Gasteiger partial charge in [-0.15, -0.1) is 11.8 Å². The fraction of sp³-hybridized carbons (Fsp3) is 0.314. The number of hydrogen-bond acceptors (Lipinski definition) is 5. The lowest BCUT2D eigenvalue weighted by atomic mass is 9.68. The predicted octanol–water partition coefficient (Wildman–Crippen LogP) is 8.86. The summed E-state index contributed by atoms with van der Waals surface area (Å²) in [7, 11) is 0. The second-order valence-corrected chi connectivity index (χ2v) is 13.3. The Bertz CT molecular complexity index is 1690. The SMILES string of the molecule is Cc1ccc(SCc2cc(C)cc(C3C(C#N)=C(N)N(c4ccc(C(F)(F)F)cc4)C4=C3C(=O)CC(C)(C)C4)c2C)cc1. The van der Waals surface area contributed by atoms with Crippen molar-refractivity contribution < 1.29 is 18.0 Å². The average Bonchev–Trinajstić information content (AvgIpc) is 2.92. The number of thioether (sulfide) groups is 1. The number of alkyl halides is 3. The topological polar surface area (TPSA) is 70.1 Å². The number of rotatable bonds is 5. The van der Waals surface area contributed by atoms with Gasteiger partial charge in [0.05, 0.1) is 23.1 Å². The molecule has 2 N–H and O–H groups in total. The summed E-state index contributed by atoms with van der Waals surface area (Å²) in [5.41, 5.74) is 12.4. The lowest BCUT2D eigenvalue weighted by Crippen LogP contribution is -2.42. The number of benzene rings is 3. The van der Waals surface area contributed by atoms with Gasteiger partial charge in [-0.1, -0.05) is 49.2 Å². The summed E-state index contributed by atoms with van der Waals surface area (Å²) in [5, 5.41) is 10.5. The van der Waals surface area contributed by atoms with Gasteiger partial charge in [-0.3, -0.25) is 9.69 Å². The van der Waals surface area contributed by atoms with E-state index >= 15 is 0 Å². The monoisotopic (exact) mass is 601 g/mol. The van der Waals surface area contributed by atoms with E-state index in [1.165, 1.54) is 17.7 Å². The molecule has 1 aliphatic heterocycles. The van der Waals surface area contributed by atoms with Crippen LogP contribution in [0.25, 0.3) is 0 Å². The number of carbonyl (C=O) groups excluding carboxylic acids is 1. The van der Waals surface area contributed by atoms with Gasteiger partial charge in [0.1, 0.15) is 5.82 Å². The van der Waals surface area contributed by atoms with E-state index in [-0.39, 0.29) is 17.2 Å². The number of Topliss-reactive ketones (excluding diaryl/α,β-unsaturated/α-hetero) is 1. The highest BCUT2D eigenvalue weighted by Crippen LogP contribution is 2.51. The quantitative estimate of drug-likeness (QED) is 0.296. The summed E-state index contributed by atoms with van der Waals surface area (Å²) in [6.45, 7) is 10.1. The molecule has 0 aromatic heterocycles. The molecule has 43 heavy (non-hydrogen) atoms. The number of nitriles is 1. The van der Waals surface area contributed by atoms with Gasteiger partial charge in [0.25, 0.3) is 0 Å². The van der Waals surface area contributed by atoms with E-state index in [1.54, 1.807) is 16.7 Å². The number of hydrogen-bond donors (Lipinski definition) is 1. The first-order chi connectivity index (χ1) is 20.2. The number of allylic oxidation sites excluding steroid dienone is 3. The van der Waals surface area contributed by atoms with E-state index in [0.717, 1.165) is 39.3 Å². The van der Waals surface area contributed by atoms with Crippen molar-refractivity contribution >= 4 is 23.2 Å². The number of ketones is 1. The minimum atomic E-state index is -4.49. The summed E-state index contributed by atoms with van der Waals surface area (Å²) in [6, 6.07) is 19.5. The zero-order valence-corrected chi connectivity index (χ0v) is 25.7. The summed E-state index contributed by atoms with van der Waals surface area (Å²) in [5.74, 6) is 0.0947. The van der Waals surface area contributed by atoms with E-state index in [4.69, 9.17) is 5.73 Å². The van der Waals surface area contributed by atoms with Gasteiger partial charge in [0.15, 0.2) is 5.78 Å². The third-order valence-electron chi connectivity index (χ3n) is 8.26. The van der Waals surface area contributed by atoms with Crippen LogP contribution in [-0.2, 0) is 16.7 Å². The second kappa shape index (κ2) is 11.3. The van der Waals surface area contributed by atoms with Crippen LogP contribution in [0.3, 0.4) is 0 Å². The van der Waals surface area contributed by atoms with Crippen molar-refractivity contribution in [3.8, 4) is 6.07 Å². The number of nitrogens with zero attached hydrogens (tertiary/aromatic N) is 2. The molecular formula is C35H34F3N3OS. The van der Waals surface area contributed by atoms with Gasteiger partial charge in [-0.25, -0.2) is 0 Å². The molecule has 3 aromatic rings. The Morgan fingerprint density at radius 3 is 2.26 bits per heavy atom. The van der Waals surface area contributed by atoms with E-state index in [0.29, 0.717) is 35.6 Å². The van der Waals surface area contributed by atoms with Crippen molar-refractivity contribution in [2.75, 3.05) is 4.90 Å². The standard InChI is InChI=1S/C35H34F3N3OS/c1-20-6-12-26(13-7-20)43-19-23-14-21(2)15-27(22(23)3)31-28(18-39)33(40)41(25-10-8-24(9-11-25)35(36,37)38)29-16-34(4,5)17-30(42)32(29)31/h6-15,31H,16-17,19,40H2,1-5H3. The average molecular weight is 602 g/mol. The first-order valence-corrected chi connectivity index (χ1v) is 15.1. The Morgan fingerprint density at radius 2 is 1.65 bits per heavy atom. The molecule has 0 saturated heterocycles. The highest BCUT2D eigenvalue weighted by Gasteiger charge is 2.45. The summed E-state index contributed by atoms with van der Waals surface area (Å²) in [4.78, 5) is 16.7. The Labute approximate surface area is 255 Å². The maximum atomic E-state index is 14.0. The summed E-state index contributed by atoms with van der Waals surface area (Å²) in [6.07, 6.45) is -3.72. The first-order valence-electron chi connectivity index (χ1n) is 14.1. The van der Waals surface area contributed by atoms with Crippen molar-refractivity contribution in [1.82, 2.24) is 0 Å². The zero-order chi connectivity index (χ0) is 31.3. The van der Waals surface area contributed by atoms with Gasteiger partial charge in [-0.05, 0) is 85.7 Å². The number of anilines is 1. The molecule has 1 atom stereocenters. The molecule has 0 amide bonds. The van der Waals surface area contributed by atoms with Crippen LogP contribution in [0.5, 0.6) is 0 Å². The molecule has 8 heteroatoms. The van der Waals surface area contributed by atoms with Crippen molar-refractivity contribution in [3.63, 3.8) is 0 Å². The Balaban J connectivity index is 1.65. The van der Waals surface area contributed by atoms with Crippen LogP contribution in [0.2, 0.25) is 0 Å². The number of halogens is 3. The Hall–Kier alpha value is -3.96. The molecular weight excluding hydrogens is 567 g/mol. The molecule has 1 aliphatic carbocycles. The molecule has 0 saturated carbocycles. The maximum absolute atomic E-state index is 14.0. The zero-order valence-electron chi connectivity index (χ0n) is 24.9. The normalized spacial score (nSPS) is 18.5. The maximum Gasteiger partial charge on any atom is 0.416 e. The highest BCUT2D eigenvalue weighted by atomic mass is 32.2. The molecule has 0 spiro atoms. The fourth-order valence-corrected chi connectivity index (χ4v) is 7.07. The number of nitrogens with two attached hydrogens (primary N) is 1. The molecule has 222 valence electrons. The van der Waals surface area contributed by atoms with E-state index in [9.17, 15) is 23.2 Å². The van der Waals surface area contributed by atoms with Gasteiger partial charge >= 0.3 is 6.18 Å². The van der Waals surface area contributed by atoms with E-state index in [2.05, 4.69) is 43.3 Å². The number of carbonyl (C=O) groups is 1. The lowest BCUT2D eigenvalue weighted by Gasteiger charge is -2.44. The number of aryl methyl sites for hydroxylation is 2. The molecule has 2 aliphatic rings. The molecule has 3 aromatic carbocycles. The molecule has 0 fully saturated rings. The van der Waals surface area contributed by atoms with Gasteiger partial charge in [0, 0.05) is 34.0 Å². The largest absolute Gasteiger partial charge is 0.416 e. The van der Waals surface area contributed by atoms with Crippen LogP contribution < -0.4 is 10.6 Å². The van der Waals surface area contributed by atoms with E-state index in [1.807, 2.05) is 33.8 Å². The fourth-order valence-electron chi connectivity index (χ4n) is 6.12. The molecule has 4 nitrogen and oxygen atoms in total. The van der Waals surface area contributed by atoms with Crippen LogP contribution in [0.1, 0.15) is 66.0 Å². The van der Waals surface area contributed by atoms with Crippen molar-refractivity contribution in [2.45, 2.75) is 70.2 Å². The predicted molar refractivity (Wildman–Crippen MR) is 165 cm³/mol. The minimum absolute atomic E-state index is 0.0788. The highest BCUT2D eigenvalue weighted by molar-refractivity contribution is 7.98. The Morgan fingerprint density at radius 1 is 1.00 bits per heavy atom. The third kappa shape index (κ3) is 5.96. The van der Waals surface area contributed by atoms with Crippen LogP contribution in [0.15, 0.2) is 88.2 Å². The Kier molecular flexibility index (Phi) is 8.00. The second-order valence-electron chi connectivity index (χ2n) is 12.3. The molecule has 5 rings (SSSR count). The van der Waals surface area contributed by atoms with Gasteiger partial charge in [-0.2, -0.15) is 18.4 Å². The summed E-state index contributed by atoms with van der Waals surface area (Å²) >= 11 is 1.72. The summed E-state index contributed by atoms with van der Waals surface area (Å²) < 4.78 is 40.0. The van der Waals surface area contributed by atoms with Crippen LogP contribution in [-0.4, -0.2) is 5.78 Å². The molecule has 1 unspecified atom stereocenters. The molecule has 0 bridgehead atoms. The van der Waals surface area contributed by atoms with Crippen molar-refractivity contribution in [3.05, 3.63) is 117 Å². The smallest absolute Gasteiger partial charge is 0.384 e.